The van der Waals surface area contributed by atoms with Gasteiger partial charge in [0.25, 0.3) is 5.56 Å². The monoisotopic (exact) mass is 299 g/mol. The van der Waals surface area contributed by atoms with Crippen LogP contribution in [0.25, 0.3) is 11.2 Å². The first-order valence-electron chi connectivity index (χ1n) is 6.32. The third kappa shape index (κ3) is 2.74. The highest BCUT2D eigenvalue weighted by atomic mass is 35.5. The summed E-state index contributed by atoms with van der Waals surface area (Å²) in [6.45, 7) is 4.12. The van der Waals surface area contributed by atoms with Gasteiger partial charge in [-0.15, -0.1) is 0 Å². The first-order chi connectivity index (χ1) is 9.08. The highest BCUT2D eigenvalue weighted by Gasteiger charge is 2.17. The fourth-order valence-electron chi connectivity index (χ4n) is 2.22. The normalized spacial score (nSPS) is 12.8. The number of nitrogens with zero attached hydrogens (tertiary/aromatic N) is 3. The van der Waals surface area contributed by atoms with E-state index in [-0.39, 0.29) is 16.8 Å². The molecule has 19 heavy (non-hydrogen) atoms. The molecule has 102 valence electrons. The molecule has 0 bridgehead atoms. The lowest BCUT2D eigenvalue weighted by Gasteiger charge is -2.19. The molecule has 0 unspecified atom stereocenters. The molecule has 0 saturated carbocycles. The number of halogens is 2. The Kier molecular flexibility index (Phi) is 4.42. The van der Waals surface area contributed by atoms with E-state index in [4.69, 9.17) is 23.2 Å². The zero-order valence-corrected chi connectivity index (χ0v) is 12.4. The van der Waals surface area contributed by atoms with Crippen LogP contribution in [0.4, 0.5) is 0 Å². The third-order valence-electron chi connectivity index (χ3n) is 3.12. The molecule has 0 fully saturated rings. The van der Waals surface area contributed by atoms with Crippen molar-refractivity contribution in [3.05, 3.63) is 32.8 Å². The predicted molar refractivity (Wildman–Crippen MR) is 78.1 cm³/mol. The highest BCUT2D eigenvalue weighted by Crippen LogP contribution is 2.22. The molecule has 0 amide bonds. The Labute approximate surface area is 121 Å². The summed E-state index contributed by atoms with van der Waals surface area (Å²) in [6.07, 6.45) is 2.70. The maximum absolute atomic E-state index is 12.3. The van der Waals surface area contributed by atoms with Crippen LogP contribution in [0.3, 0.4) is 0 Å². The van der Waals surface area contributed by atoms with E-state index >= 15 is 0 Å². The zero-order valence-electron chi connectivity index (χ0n) is 10.9. The van der Waals surface area contributed by atoms with Crippen LogP contribution in [0.15, 0.2) is 16.9 Å². The maximum atomic E-state index is 12.3. The van der Waals surface area contributed by atoms with E-state index < -0.39 is 0 Å². The topological polar surface area (TPSA) is 47.8 Å². The summed E-state index contributed by atoms with van der Waals surface area (Å²) in [7, 11) is 0. The number of fused-ring (bicyclic) bond motifs is 1. The molecule has 0 aliphatic rings. The molecule has 0 spiro atoms. The van der Waals surface area contributed by atoms with Gasteiger partial charge in [-0.3, -0.25) is 9.36 Å². The van der Waals surface area contributed by atoms with Gasteiger partial charge in [0.15, 0.2) is 10.8 Å². The summed E-state index contributed by atoms with van der Waals surface area (Å²) in [5, 5.41) is 0.322. The summed E-state index contributed by atoms with van der Waals surface area (Å²) in [4.78, 5) is 20.6. The average Bonchev–Trinajstić information content (AvgIpc) is 2.39. The number of pyridine rings is 1. The van der Waals surface area contributed by atoms with E-state index in [1.54, 1.807) is 16.7 Å². The Hall–Kier alpha value is -1.13. The average molecular weight is 300 g/mol. The molecule has 2 rings (SSSR count). The molecule has 0 saturated heterocycles. The van der Waals surface area contributed by atoms with E-state index in [1.807, 2.05) is 6.92 Å². The molecule has 0 radical (unpaired) electrons. The number of rotatable bonds is 4. The molecule has 2 aromatic heterocycles. The van der Waals surface area contributed by atoms with Crippen molar-refractivity contribution in [1.82, 2.24) is 14.5 Å². The summed E-state index contributed by atoms with van der Waals surface area (Å²) >= 11 is 11.8. The Balaban J connectivity index is 2.78. The van der Waals surface area contributed by atoms with Gasteiger partial charge in [-0.1, -0.05) is 43.5 Å². The second-order valence-electron chi connectivity index (χ2n) is 4.41. The lowest BCUT2D eigenvalue weighted by molar-refractivity contribution is 0.445. The Morgan fingerprint density at radius 3 is 2.63 bits per heavy atom. The predicted octanol–water partition coefficient (Wildman–Crippen LogP) is 3.85. The lowest BCUT2D eigenvalue weighted by atomic mass is 10.1. The molecule has 6 heteroatoms. The van der Waals surface area contributed by atoms with Gasteiger partial charge >= 0.3 is 0 Å². The van der Waals surface area contributed by atoms with Crippen molar-refractivity contribution in [1.29, 1.82) is 0 Å². The zero-order chi connectivity index (χ0) is 14.0. The molecular formula is C13H15Cl2N3O. The largest absolute Gasteiger partial charge is 0.290 e. The molecule has 2 heterocycles. The summed E-state index contributed by atoms with van der Waals surface area (Å²) in [6, 6.07) is 3.43. The van der Waals surface area contributed by atoms with Crippen LogP contribution in [0.1, 0.15) is 39.2 Å². The third-order valence-corrected chi connectivity index (χ3v) is 3.58. The van der Waals surface area contributed by atoms with Gasteiger partial charge in [0, 0.05) is 6.04 Å². The quantitative estimate of drug-likeness (QED) is 0.806. The fourth-order valence-corrected chi connectivity index (χ4v) is 2.54. The molecule has 0 aliphatic carbocycles. The second kappa shape index (κ2) is 5.88. The van der Waals surface area contributed by atoms with Crippen molar-refractivity contribution in [3.8, 4) is 0 Å². The highest BCUT2D eigenvalue weighted by molar-refractivity contribution is 6.30. The van der Waals surface area contributed by atoms with Gasteiger partial charge in [0.1, 0.15) is 10.7 Å². The number of hydrogen-bond acceptors (Lipinski definition) is 3. The second-order valence-corrected chi connectivity index (χ2v) is 5.15. The van der Waals surface area contributed by atoms with Crippen LogP contribution in [-0.2, 0) is 0 Å². The van der Waals surface area contributed by atoms with Crippen molar-refractivity contribution in [2.45, 2.75) is 39.2 Å². The molecule has 2 aromatic rings. The molecule has 0 aliphatic heterocycles. The van der Waals surface area contributed by atoms with E-state index in [0.29, 0.717) is 16.3 Å². The van der Waals surface area contributed by atoms with Crippen LogP contribution >= 0.6 is 23.2 Å². The summed E-state index contributed by atoms with van der Waals surface area (Å²) in [5.41, 5.74) is 0.787. The molecular weight excluding hydrogens is 285 g/mol. The van der Waals surface area contributed by atoms with E-state index in [9.17, 15) is 4.79 Å². The van der Waals surface area contributed by atoms with Crippen molar-refractivity contribution in [3.63, 3.8) is 0 Å². The van der Waals surface area contributed by atoms with Crippen LogP contribution in [-0.4, -0.2) is 14.5 Å². The van der Waals surface area contributed by atoms with E-state index in [1.165, 1.54) is 0 Å². The van der Waals surface area contributed by atoms with Gasteiger partial charge in [-0.25, -0.2) is 9.97 Å². The fraction of sp³-hybridized carbons (Fsp3) is 0.462. The van der Waals surface area contributed by atoms with Gasteiger partial charge in [0.2, 0.25) is 0 Å². The van der Waals surface area contributed by atoms with E-state index in [0.717, 1.165) is 19.3 Å². The first kappa shape index (κ1) is 14.3. The van der Waals surface area contributed by atoms with Crippen molar-refractivity contribution in [2.24, 2.45) is 0 Å². The van der Waals surface area contributed by atoms with Gasteiger partial charge < -0.3 is 0 Å². The molecule has 4 nitrogen and oxygen atoms in total. The van der Waals surface area contributed by atoms with Gasteiger partial charge in [0.05, 0.1) is 0 Å². The van der Waals surface area contributed by atoms with E-state index in [2.05, 4.69) is 16.9 Å². The minimum atomic E-state index is -0.302. The molecule has 0 aromatic carbocycles. The van der Waals surface area contributed by atoms with Crippen LogP contribution in [0.5, 0.6) is 0 Å². The van der Waals surface area contributed by atoms with Gasteiger partial charge in [-0.05, 0) is 25.0 Å². The Morgan fingerprint density at radius 2 is 2.00 bits per heavy atom. The molecule has 1 atom stereocenters. The van der Waals surface area contributed by atoms with Gasteiger partial charge in [-0.2, -0.15) is 0 Å². The van der Waals surface area contributed by atoms with Crippen LogP contribution < -0.4 is 5.56 Å². The van der Waals surface area contributed by atoms with Crippen molar-refractivity contribution in [2.75, 3.05) is 0 Å². The van der Waals surface area contributed by atoms with Crippen molar-refractivity contribution < 1.29 is 0 Å². The summed E-state index contributed by atoms with van der Waals surface area (Å²) < 4.78 is 1.63. The van der Waals surface area contributed by atoms with Crippen LogP contribution in [0.2, 0.25) is 10.3 Å². The minimum absolute atomic E-state index is 0.0221. The Morgan fingerprint density at radius 1 is 1.26 bits per heavy atom. The van der Waals surface area contributed by atoms with Crippen molar-refractivity contribution >= 4 is 34.4 Å². The maximum Gasteiger partial charge on any atom is 0.290 e. The lowest BCUT2D eigenvalue weighted by Crippen LogP contribution is -2.27. The smallest absolute Gasteiger partial charge is 0.286 e. The molecule has 0 N–H and O–H groups in total. The van der Waals surface area contributed by atoms with Crippen LogP contribution in [0, 0.1) is 0 Å². The summed E-state index contributed by atoms with van der Waals surface area (Å²) in [5.74, 6) is 0. The Bertz CT molecular complexity index is 654. The first-order valence-corrected chi connectivity index (χ1v) is 7.08. The number of hydrogen-bond donors (Lipinski definition) is 0. The minimum Gasteiger partial charge on any atom is -0.286 e. The standard InChI is InChI=1S/C13H15Cl2N3O/c1-3-5-8(4-2)18-12-9(6-7-10(14)17-12)16-11(15)13(18)19/h6-8H,3-5H2,1-2H3/t8-/m1/s1. The number of aromatic nitrogens is 3. The SMILES string of the molecule is CCC[C@@H](CC)n1c(=O)c(Cl)nc2ccc(Cl)nc21.